The van der Waals surface area contributed by atoms with E-state index in [0.29, 0.717) is 12.0 Å². The highest BCUT2D eigenvalue weighted by Crippen LogP contribution is 2.22. The minimum atomic E-state index is 0.495. The van der Waals surface area contributed by atoms with E-state index in [4.69, 9.17) is 4.74 Å². The summed E-state index contributed by atoms with van der Waals surface area (Å²) in [6, 6.07) is 0.495. The van der Waals surface area contributed by atoms with Gasteiger partial charge in [0.1, 0.15) is 5.03 Å². The Bertz CT molecular complexity index is 303. The molecule has 2 heterocycles. The van der Waals surface area contributed by atoms with E-state index in [1.54, 1.807) is 24.2 Å². The van der Waals surface area contributed by atoms with Crippen LogP contribution in [0.1, 0.15) is 6.42 Å². The molecule has 16 heavy (non-hydrogen) atoms. The quantitative estimate of drug-likeness (QED) is 0.782. The Hall–Kier alpha value is -0.650. The van der Waals surface area contributed by atoms with Crippen LogP contribution in [-0.4, -0.2) is 42.0 Å². The van der Waals surface area contributed by atoms with E-state index in [-0.39, 0.29) is 0 Å². The summed E-state index contributed by atoms with van der Waals surface area (Å²) in [6.45, 7) is 1.78. The molecule has 0 bridgehead atoms. The van der Waals surface area contributed by atoms with E-state index in [0.717, 1.165) is 30.4 Å². The number of rotatable bonds is 5. The molecule has 1 fully saturated rings. The third-order valence-electron chi connectivity index (χ3n) is 2.85. The lowest BCUT2D eigenvalue weighted by Crippen LogP contribution is -2.36. The number of thioether (sulfide) groups is 1. The van der Waals surface area contributed by atoms with Crippen LogP contribution in [0.5, 0.6) is 0 Å². The Morgan fingerprint density at radius 3 is 3.19 bits per heavy atom. The smallest absolute Gasteiger partial charge is 0.114 e. The molecule has 5 heteroatoms. The topological polar surface area (TPSA) is 47.0 Å². The number of hydrogen-bond donors (Lipinski definition) is 1. The first-order valence-electron chi connectivity index (χ1n) is 5.54. The molecule has 1 aromatic heterocycles. The molecular weight excluding hydrogens is 222 g/mol. The van der Waals surface area contributed by atoms with E-state index in [1.807, 2.05) is 13.2 Å². The van der Waals surface area contributed by atoms with E-state index >= 15 is 0 Å². The van der Waals surface area contributed by atoms with Gasteiger partial charge in [-0.1, -0.05) is 0 Å². The maximum atomic E-state index is 5.41. The molecule has 1 aliphatic heterocycles. The third kappa shape index (κ3) is 3.17. The van der Waals surface area contributed by atoms with Crippen molar-refractivity contribution in [1.82, 2.24) is 15.3 Å². The molecule has 2 atom stereocenters. The summed E-state index contributed by atoms with van der Waals surface area (Å²) in [4.78, 5) is 8.31. The molecular formula is C11H17N3OS. The van der Waals surface area contributed by atoms with Gasteiger partial charge in [0.25, 0.3) is 0 Å². The summed E-state index contributed by atoms with van der Waals surface area (Å²) >= 11 is 1.75. The van der Waals surface area contributed by atoms with Crippen LogP contribution >= 0.6 is 11.8 Å². The van der Waals surface area contributed by atoms with Crippen molar-refractivity contribution >= 4 is 11.8 Å². The fourth-order valence-electron chi connectivity index (χ4n) is 1.86. The van der Waals surface area contributed by atoms with Crippen LogP contribution in [0, 0.1) is 5.92 Å². The lowest BCUT2D eigenvalue weighted by Gasteiger charge is -2.20. The van der Waals surface area contributed by atoms with Crippen LogP contribution < -0.4 is 5.32 Å². The van der Waals surface area contributed by atoms with Gasteiger partial charge in [-0.25, -0.2) is 4.98 Å². The van der Waals surface area contributed by atoms with E-state index in [1.165, 1.54) is 0 Å². The number of aromatic nitrogens is 2. The average Bonchev–Trinajstić information content (AvgIpc) is 2.85. The minimum Gasteiger partial charge on any atom is -0.381 e. The normalized spacial score (nSPS) is 22.2. The van der Waals surface area contributed by atoms with Crippen molar-refractivity contribution in [3.63, 3.8) is 0 Å². The molecule has 0 amide bonds. The Labute approximate surface area is 100 Å². The maximum absolute atomic E-state index is 5.41. The molecule has 2 rings (SSSR count). The summed E-state index contributed by atoms with van der Waals surface area (Å²) in [5, 5.41) is 4.35. The van der Waals surface area contributed by atoms with Crippen molar-refractivity contribution in [2.45, 2.75) is 17.5 Å². The Morgan fingerprint density at radius 2 is 2.56 bits per heavy atom. The van der Waals surface area contributed by atoms with Crippen molar-refractivity contribution in [2.24, 2.45) is 5.92 Å². The molecule has 0 spiro atoms. The SMILES string of the molecule is CNC(CSc1cnccn1)C1CCOC1. The molecule has 4 nitrogen and oxygen atoms in total. The largest absolute Gasteiger partial charge is 0.381 e. The van der Waals surface area contributed by atoms with Gasteiger partial charge in [-0.3, -0.25) is 4.98 Å². The fourth-order valence-corrected chi connectivity index (χ4v) is 2.92. The zero-order valence-corrected chi connectivity index (χ0v) is 10.2. The Kier molecular flexibility index (Phi) is 4.56. The molecule has 0 radical (unpaired) electrons. The van der Waals surface area contributed by atoms with Gasteiger partial charge < -0.3 is 10.1 Å². The molecule has 0 saturated carbocycles. The fraction of sp³-hybridized carbons (Fsp3) is 0.636. The lowest BCUT2D eigenvalue weighted by molar-refractivity contribution is 0.180. The van der Waals surface area contributed by atoms with Gasteiger partial charge in [0.2, 0.25) is 0 Å². The van der Waals surface area contributed by atoms with Gasteiger partial charge in [-0.2, -0.15) is 0 Å². The van der Waals surface area contributed by atoms with Gasteiger partial charge in [-0.15, -0.1) is 11.8 Å². The van der Waals surface area contributed by atoms with E-state index < -0.39 is 0 Å². The second kappa shape index (κ2) is 6.18. The molecule has 0 aromatic carbocycles. The van der Waals surface area contributed by atoms with Crippen molar-refractivity contribution < 1.29 is 4.74 Å². The van der Waals surface area contributed by atoms with E-state index in [2.05, 4.69) is 15.3 Å². The van der Waals surface area contributed by atoms with Crippen LogP contribution in [0.4, 0.5) is 0 Å². The standard InChI is InChI=1S/C11H17N3OS/c1-12-10(9-2-5-15-7-9)8-16-11-6-13-3-4-14-11/h3-4,6,9-10,12H,2,5,7-8H2,1H3. The summed E-state index contributed by atoms with van der Waals surface area (Å²) in [6.07, 6.45) is 6.40. The highest BCUT2D eigenvalue weighted by molar-refractivity contribution is 7.99. The first-order chi connectivity index (χ1) is 7.90. The molecule has 2 unspecified atom stereocenters. The van der Waals surface area contributed by atoms with Crippen molar-refractivity contribution in [3.05, 3.63) is 18.6 Å². The van der Waals surface area contributed by atoms with Crippen molar-refractivity contribution in [2.75, 3.05) is 26.0 Å². The predicted molar refractivity (Wildman–Crippen MR) is 64.5 cm³/mol. The van der Waals surface area contributed by atoms with Gasteiger partial charge in [-0.05, 0) is 13.5 Å². The van der Waals surface area contributed by atoms with Gasteiger partial charge >= 0.3 is 0 Å². The highest BCUT2D eigenvalue weighted by atomic mass is 32.2. The summed E-state index contributed by atoms with van der Waals surface area (Å²) in [5.74, 6) is 1.65. The van der Waals surface area contributed by atoms with Crippen LogP contribution in [0.25, 0.3) is 0 Å². The first-order valence-corrected chi connectivity index (χ1v) is 6.52. The molecule has 1 saturated heterocycles. The molecule has 0 aliphatic carbocycles. The van der Waals surface area contributed by atoms with Crippen molar-refractivity contribution in [1.29, 1.82) is 0 Å². The van der Waals surface area contributed by atoms with Crippen LogP contribution in [0.2, 0.25) is 0 Å². The van der Waals surface area contributed by atoms with Crippen LogP contribution in [0.3, 0.4) is 0 Å². The third-order valence-corrected chi connectivity index (χ3v) is 3.89. The highest BCUT2D eigenvalue weighted by Gasteiger charge is 2.24. The van der Waals surface area contributed by atoms with Crippen molar-refractivity contribution in [3.8, 4) is 0 Å². The van der Waals surface area contributed by atoms with Gasteiger partial charge in [0.15, 0.2) is 0 Å². The average molecular weight is 239 g/mol. The summed E-state index contributed by atoms with van der Waals surface area (Å²) < 4.78 is 5.41. The second-order valence-corrected chi connectivity index (χ2v) is 4.91. The Morgan fingerprint density at radius 1 is 1.62 bits per heavy atom. The van der Waals surface area contributed by atoms with Gasteiger partial charge in [0, 0.05) is 36.7 Å². The molecule has 1 aliphatic rings. The summed E-state index contributed by atoms with van der Waals surface area (Å²) in [7, 11) is 2.01. The second-order valence-electron chi connectivity index (χ2n) is 3.87. The number of hydrogen-bond acceptors (Lipinski definition) is 5. The minimum absolute atomic E-state index is 0.495. The number of nitrogens with zero attached hydrogens (tertiary/aromatic N) is 2. The lowest BCUT2D eigenvalue weighted by atomic mass is 10.0. The van der Waals surface area contributed by atoms with Gasteiger partial charge in [0.05, 0.1) is 12.8 Å². The molecule has 1 aromatic rings. The van der Waals surface area contributed by atoms with Crippen LogP contribution in [-0.2, 0) is 4.74 Å². The number of nitrogens with one attached hydrogen (secondary N) is 1. The predicted octanol–water partition coefficient (Wildman–Crippen LogP) is 1.19. The maximum Gasteiger partial charge on any atom is 0.114 e. The zero-order valence-electron chi connectivity index (χ0n) is 9.43. The molecule has 88 valence electrons. The Balaban J connectivity index is 1.83. The zero-order chi connectivity index (χ0) is 11.2. The van der Waals surface area contributed by atoms with E-state index in [9.17, 15) is 0 Å². The monoisotopic (exact) mass is 239 g/mol. The first kappa shape index (κ1) is 11.8. The summed E-state index contributed by atoms with van der Waals surface area (Å²) in [5.41, 5.74) is 0. The molecule has 1 N–H and O–H groups in total. The number of ether oxygens (including phenoxy) is 1. The van der Waals surface area contributed by atoms with Crippen LogP contribution in [0.15, 0.2) is 23.6 Å².